The van der Waals surface area contributed by atoms with Gasteiger partial charge in [-0.15, -0.1) is 0 Å². The Morgan fingerprint density at radius 1 is 1.03 bits per heavy atom. The third-order valence-electron chi connectivity index (χ3n) is 6.45. The number of amides is 2. The molecule has 5 nitrogen and oxygen atoms in total. The van der Waals surface area contributed by atoms with Gasteiger partial charge in [0, 0.05) is 43.6 Å². The molecule has 0 atom stereocenters. The molecule has 0 spiro atoms. The second-order valence-electron chi connectivity index (χ2n) is 8.57. The van der Waals surface area contributed by atoms with Crippen molar-refractivity contribution in [3.05, 3.63) is 89.0 Å². The van der Waals surface area contributed by atoms with Crippen LogP contribution in [0.5, 0.6) is 0 Å². The molecule has 2 aliphatic rings. The molecule has 0 radical (unpaired) electrons. The van der Waals surface area contributed by atoms with Gasteiger partial charge in [-0.25, -0.2) is 4.79 Å². The van der Waals surface area contributed by atoms with Crippen LogP contribution >= 0.6 is 0 Å². The average molecular weight is 451 g/mol. The largest absolute Gasteiger partial charge is 0.449 e. The standard InChI is InChI=1S/C29H26N2O3/c1-20(32)31-17-15-22-18-21(13-14-28(22)31)8-6-7-16-30-29(33)34-19-27-25-11-4-2-9-23(25)24-10-3-5-12-26(24)27/h2-5,9-14,18,27H,7,15-17,19H2,1H3,(H,30,33). The summed E-state index contributed by atoms with van der Waals surface area (Å²) in [6, 6.07) is 22.5. The van der Waals surface area contributed by atoms with Crippen molar-refractivity contribution in [2.75, 3.05) is 24.6 Å². The molecule has 5 rings (SSSR count). The molecule has 1 heterocycles. The zero-order valence-corrected chi connectivity index (χ0v) is 19.1. The lowest BCUT2D eigenvalue weighted by atomic mass is 9.98. The van der Waals surface area contributed by atoms with Gasteiger partial charge >= 0.3 is 6.09 Å². The molecule has 0 aromatic heterocycles. The number of hydrogen-bond donors (Lipinski definition) is 1. The fourth-order valence-corrected chi connectivity index (χ4v) is 4.85. The normalized spacial score (nSPS) is 13.4. The minimum atomic E-state index is -0.425. The molecular formula is C29H26N2O3. The molecule has 0 saturated heterocycles. The number of carbonyl (C=O) groups is 2. The summed E-state index contributed by atoms with van der Waals surface area (Å²) < 4.78 is 5.55. The Bertz CT molecular complexity index is 1270. The molecule has 1 N–H and O–H groups in total. The number of nitrogens with zero attached hydrogens (tertiary/aromatic N) is 1. The van der Waals surface area contributed by atoms with E-state index in [1.165, 1.54) is 22.3 Å². The molecule has 0 unspecified atom stereocenters. The highest BCUT2D eigenvalue weighted by Gasteiger charge is 2.29. The van der Waals surface area contributed by atoms with E-state index >= 15 is 0 Å². The zero-order valence-electron chi connectivity index (χ0n) is 19.1. The molecule has 5 heteroatoms. The van der Waals surface area contributed by atoms with E-state index in [4.69, 9.17) is 4.74 Å². The van der Waals surface area contributed by atoms with Crippen LogP contribution in [0.4, 0.5) is 10.5 Å². The van der Waals surface area contributed by atoms with E-state index in [1.807, 2.05) is 42.5 Å². The SMILES string of the molecule is CC(=O)N1CCc2cc(C#CCCNC(=O)OCC3c4ccccc4-c4ccccc43)ccc21. The molecule has 0 saturated carbocycles. The minimum absolute atomic E-state index is 0.0525. The van der Waals surface area contributed by atoms with Crippen LogP contribution < -0.4 is 10.2 Å². The quantitative estimate of drug-likeness (QED) is 0.456. The van der Waals surface area contributed by atoms with Crippen LogP contribution in [0, 0.1) is 11.8 Å². The second-order valence-corrected chi connectivity index (χ2v) is 8.57. The number of anilines is 1. The van der Waals surface area contributed by atoms with Crippen LogP contribution in [0.25, 0.3) is 11.1 Å². The van der Waals surface area contributed by atoms with E-state index in [1.54, 1.807) is 11.8 Å². The minimum Gasteiger partial charge on any atom is -0.449 e. The summed E-state index contributed by atoms with van der Waals surface area (Å²) in [5.74, 6) is 6.37. The van der Waals surface area contributed by atoms with Gasteiger partial charge in [-0.3, -0.25) is 4.79 Å². The van der Waals surface area contributed by atoms with E-state index in [2.05, 4.69) is 41.4 Å². The van der Waals surface area contributed by atoms with Crippen LogP contribution in [0.1, 0.15) is 41.5 Å². The molecule has 34 heavy (non-hydrogen) atoms. The number of nitrogens with one attached hydrogen (secondary N) is 1. The fourth-order valence-electron chi connectivity index (χ4n) is 4.85. The summed E-state index contributed by atoms with van der Waals surface area (Å²) in [4.78, 5) is 25.7. The maximum Gasteiger partial charge on any atom is 0.407 e. The van der Waals surface area contributed by atoms with Gasteiger partial charge in [-0.2, -0.15) is 0 Å². The smallest absolute Gasteiger partial charge is 0.407 e. The molecule has 1 aliphatic heterocycles. The van der Waals surface area contributed by atoms with E-state index in [9.17, 15) is 9.59 Å². The number of rotatable bonds is 4. The van der Waals surface area contributed by atoms with Gasteiger partial charge in [-0.05, 0) is 52.4 Å². The summed E-state index contributed by atoms with van der Waals surface area (Å²) in [5.41, 5.74) is 7.87. The Labute approximate surface area is 199 Å². The first-order valence-corrected chi connectivity index (χ1v) is 11.6. The van der Waals surface area contributed by atoms with Crippen molar-refractivity contribution < 1.29 is 14.3 Å². The molecule has 170 valence electrons. The summed E-state index contributed by atoms with van der Waals surface area (Å²) in [5, 5.41) is 2.79. The lowest BCUT2D eigenvalue weighted by Crippen LogP contribution is -2.26. The van der Waals surface area contributed by atoms with Gasteiger partial charge in [-0.1, -0.05) is 60.4 Å². The fraction of sp³-hybridized carbons (Fsp3) is 0.241. The maximum absolute atomic E-state index is 12.3. The number of ether oxygens (including phenoxy) is 1. The lowest BCUT2D eigenvalue weighted by molar-refractivity contribution is -0.116. The van der Waals surface area contributed by atoms with Gasteiger partial charge in [0.1, 0.15) is 6.61 Å². The van der Waals surface area contributed by atoms with Crippen LogP contribution in [0.15, 0.2) is 66.7 Å². The zero-order chi connectivity index (χ0) is 23.5. The number of carbonyl (C=O) groups excluding carboxylic acids is 2. The third kappa shape index (κ3) is 4.27. The van der Waals surface area contributed by atoms with Gasteiger partial charge in [0.05, 0.1) is 0 Å². The Kier molecular flexibility index (Phi) is 6.05. The number of alkyl carbamates (subject to hydrolysis) is 1. The lowest BCUT2D eigenvalue weighted by Gasteiger charge is -2.14. The molecule has 0 bridgehead atoms. The first-order chi connectivity index (χ1) is 16.6. The number of fused-ring (bicyclic) bond motifs is 4. The van der Waals surface area contributed by atoms with Gasteiger partial charge in [0.2, 0.25) is 5.91 Å². The van der Waals surface area contributed by atoms with E-state index < -0.39 is 6.09 Å². The van der Waals surface area contributed by atoms with Gasteiger partial charge < -0.3 is 15.0 Å². The van der Waals surface area contributed by atoms with Crippen molar-refractivity contribution in [2.24, 2.45) is 0 Å². The molecule has 3 aromatic carbocycles. The summed E-state index contributed by atoms with van der Waals surface area (Å²) in [7, 11) is 0. The van der Waals surface area contributed by atoms with Crippen LogP contribution in [-0.4, -0.2) is 31.7 Å². The Morgan fingerprint density at radius 3 is 2.44 bits per heavy atom. The Balaban J connectivity index is 1.11. The Hall–Kier alpha value is -4.04. The van der Waals surface area contributed by atoms with Crippen molar-refractivity contribution in [2.45, 2.75) is 25.7 Å². The molecule has 3 aromatic rings. The summed E-state index contributed by atoms with van der Waals surface area (Å²) in [6.45, 7) is 3.04. The first-order valence-electron chi connectivity index (χ1n) is 11.6. The highest BCUT2D eigenvalue weighted by atomic mass is 16.5. The predicted octanol–water partition coefficient (Wildman–Crippen LogP) is 4.88. The topological polar surface area (TPSA) is 58.6 Å². The molecule has 1 aliphatic carbocycles. The summed E-state index contributed by atoms with van der Waals surface area (Å²) >= 11 is 0. The summed E-state index contributed by atoms with van der Waals surface area (Å²) in [6.07, 6.45) is 0.958. The van der Waals surface area contributed by atoms with E-state index in [-0.39, 0.29) is 11.8 Å². The molecular weight excluding hydrogens is 424 g/mol. The highest BCUT2D eigenvalue weighted by Crippen LogP contribution is 2.44. The maximum atomic E-state index is 12.3. The van der Waals surface area contributed by atoms with Crippen LogP contribution in [0.3, 0.4) is 0 Å². The number of hydrogen-bond acceptors (Lipinski definition) is 3. The third-order valence-corrected chi connectivity index (χ3v) is 6.45. The van der Waals surface area contributed by atoms with Crippen molar-refractivity contribution >= 4 is 17.7 Å². The molecule has 2 amide bonds. The Morgan fingerprint density at radius 2 is 1.74 bits per heavy atom. The van der Waals surface area contributed by atoms with Gasteiger partial charge in [0.15, 0.2) is 0 Å². The van der Waals surface area contributed by atoms with Crippen molar-refractivity contribution in [3.63, 3.8) is 0 Å². The average Bonchev–Trinajstić information content (AvgIpc) is 3.42. The second kappa shape index (κ2) is 9.44. The van der Waals surface area contributed by atoms with E-state index in [0.717, 1.165) is 29.8 Å². The number of benzene rings is 3. The van der Waals surface area contributed by atoms with Crippen molar-refractivity contribution in [1.29, 1.82) is 0 Å². The van der Waals surface area contributed by atoms with Gasteiger partial charge in [0.25, 0.3) is 0 Å². The van der Waals surface area contributed by atoms with E-state index in [0.29, 0.717) is 19.6 Å². The first kappa shape index (κ1) is 21.8. The monoisotopic (exact) mass is 450 g/mol. The highest BCUT2D eigenvalue weighted by molar-refractivity contribution is 5.93. The van der Waals surface area contributed by atoms with Crippen LogP contribution in [-0.2, 0) is 16.0 Å². The molecule has 0 fully saturated rings. The predicted molar refractivity (Wildman–Crippen MR) is 133 cm³/mol. The van der Waals surface area contributed by atoms with Crippen molar-refractivity contribution in [1.82, 2.24) is 5.32 Å². The van der Waals surface area contributed by atoms with Crippen molar-refractivity contribution in [3.8, 4) is 23.0 Å². The van der Waals surface area contributed by atoms with Crippen LogP contribution in [0.2, 0.25) is 0 Å².